The summed E-state index contributed by atoms with van der Waals surface area (Å²) in [5.41, 5.74) is 8.44. The zero-order valence-corrected chi connectivity index (χ0v) is 15.2. The molecule has 0 bridgehead atoms. The van der Waals surface area contributed by atoms with E-state index in [-0.39, 0.29) is 5.54 Å². The van der Waals surface area contributed by atoms with Crippen molar-refractivity contribution in [3.05, 3.63) is 36.0 Å². The van der Waals surface area contributed by atoms with Gasteiger partial charge in [-0.3, -0.25) is 4.68 Å². The highest BCUT2D eigenvalue weighted by Crippen LogP contribution is 2.28. The molecule has 27 heavy (non-hydrogen) atoms. The molecule has 1 fully saturated rings. The third-order valence-electron chi connectivity index (χ3n) is 5.07. The van der Waals surface area contributed by atoms with Crippen LogP contribution in [0.5, 0.6) is 0 Å². The standard InChI is InChI=1S/C19H22N8/c1-27-17-15(11-23-27)16(24-14-6-4-13(10-20)5-7-14)25-18(26-17)22-12-19(21)8-2-3-9-19/h4-7,11H,2-3,8-9,12,21H2,1H3,(H2,22,24,25,26). The van der Waals surface area contributed by atoms with Gasteiger partial charge in [0, 0.05) is 24.8 Å². The number of anilines is 3. The van der Waals surface area contributed by atoms with Gasteiger partial charge in [-0.05, 0) is 37.1 Å². The van der Waals surface area contributed by atoms with E-state index in [2.05, 4.69) is 31.8 Å². The molecule has 4 N–H and O–H groups in total. The average molecular weight is 362 g/mol. The van der Waals surface area contributed by atoms with E-state index in [1.165, 1.54) is 12.8 Å². The normalized spacial score (nSPS) is 15.6. The van der Waals surface area contributed by atoms with Crippen LogP contribution in [0.2, 0.25) is 0 Å². The first-order valence-corrected chi connectivity index (χ1v) is 9.06. The Bertz CT molecular complexity index is 993. The van der Waals surface area contributed by atoms with E-state index in [9.17, 15) is 0 Å². The highest BCUT2D eigenvalue weighted by molar-refractivity contribution is 5.89. The third kappa shape index (κ3) is 3.55. The molecule has 0 saturated heterocycles. The second-order valence-electron chi connectivity index (χ2n) is 7.14. The molecule has 0 atom stereocenters. The number of nitrogens with zero attached hydrogens (tertiary/aromatic N) is 5. The van der Waals surface area contributed by atoms with Crippen molar-refractivity contribution in [3.8, 4) is 6.07 Å². The molecule has 1 aliphatic rings. The summed E-state index contributed by atoms with van der Waals surface area (Å²) >= 11 is 0. The van der Waals surface area contributed by atoms with Crippen molar-refractivity contribution < 1.29 is 0 Å². The maximum absolute atomic E-state index is 8.95. The summed E-state index contributed by atoms with van der Waals surface area (Å²) in [6.45, 7) is 0.646. The zero-order valence-electron chi connectivity index (χ0n) is 15.2. The van der Waals surface area contributed by atoms with Crippen LogP contribution >= 0.6 is 0 Å². The van der Waals surface area contributed by atoms with Gasteiger partial charge in [0.1, 0.15) is 5.82 Å². The Morgan fingerprint density at radius 1 is 1.22 bits per heavy atom. The van der Waals surface area contributed by atoms with Gasteiger partial charge in [0.05, 0.1) is 23.2 Å². The smallest absolute Gasteiger partial charge is 0.226 e. The van der Waals surface area contributed by atoms with Gasteiger partial charge in [0.2, 0.25) is 5.95 Å². The van der Waals surface area contributed by atoms with Gasteiger partial charge in [-0.25, -0.2) is 0 Å². The molecule has 4 rings (SSSR count). The minimum absolute atomic E-state index is 0.189. The van der Waals surface area contributed by atoms with Crippen LogP contribution in [0, 0.1) is 11.3 Å². The number of nitrogens with one attached hydrogen (secondary N) is 2. The molecule has 0 spiro atoms. The fourth-order valence-corrected chi connectivity index (χ4v) is 3.47. The van der Waals surface area contributed by atoms with Gasteiger partial charge >= 0.3 is 0 Å². The maximum Gasteiger partial charge on any atom is 0.226 e. The molecular weight excluding hydrogens is 340 g/mol. The molecule has 2 heterocycles. The summed E-state index contributed by atoms with van der Waals surface area (Å²) in [6.07, 6.45) is 6.12. The van der Waals surface area contributed by atoms with Crippen LogP contribution in [0.15, 0.2) is 30.5 Å². The number of benzene rings is 1. The number of nitrogens with two attached hydrogens (primary N) is 1. The first-order valence-electron chi connectivity index (χ1n) is 9.06. The fraction of sp³-hybridized carbons (Fsp3) is 0.368. The van der Waals surface area contributed by atoms with Crippen molar-refractivity contribution >= 4 is 28.5 Å². The molecule has 0 unspecified atom stereocenters. The Balaban J connectivity index is 1.63. The number of hydrogen-bond acceptors (Lipinski definition) is 7. The largest absolute Gasteiger partial charge is 0.352 e. The molecule has 1 aliphatic carbocycles. The lowest BCUT2D eigenvalue weighted by atomic mass is 10.00. The van der Waals surface area contributed by atoms with E-state index in [0.29, 0.717) is 23.9 Å². The van der Waals surface area contributed by atoms with Crippen molar-refractivity contribution in [2.75, 3.05) is 17.2 Å². The molecule has 1 aromatic carbocycles. The minimum atomic E-state index is -0.189. The first-order chi connectivity index (χ1) is 13.1. The van der Waals surface area contributed by atoms with E-state index in [1.807, 2.05) is 19.2 Å². The lowest BCUT2D eigenvalue weighted by molar-refractivity contribution is 0.463. The lowest BCUT2D eigenvalue weighted by Gasteiger charge is -2.23. The first kappa shape index (κ1) is 17.2. The van der Waals surface area contributed by atoms with Crippen LogP contribution in [0.4, 0.5) is 17.5 Å². The maximum atomic E-state index is 8.95. The molecule has 1 saturated carbocycles. The average Bonchev–Trinajstić information content (AvgIpc) is 3.28. The van der Waals surface area contributed by atoms with Crippen molar-refractivity contribution in [2.24, 2.45) is 12.8 Å². The fourth-order valence-electron chi connectivity index (χ4n) is 3.47. The van der Waals surface area contributed by atoms with E-state index < -0.39 is 0 Å². The Morgan fingerprint density at radius 3 is 2.67 bits per heavy atom. The number of aromatic nitrogens is 4. The predicted octanol–water partition coefficient (Wildman–Crippen LogP) is 2.66. The van der Waals surface area contributed by atoms with E-state index in [4.69, 9.17) is 11.0 Å². The Morgan fingerprint density at radius 2 is 1.96 bits per heavy atom. The number of fused-ring (bicyclic) bond motifs is 1. The molecular formula is C19H22N8. The van der Waals surface area contributed by atoms with Gasteiger partial charge in [-0.15, -0.1) is 0 Å². The molecule has 138 valence electrons. The molecule has 2 aromatic heterocycles. The Kier molecular flexibility index (Phi) is 4.38. The van der Waals surface area contributed by atoms with Crippen LogP contribution in [-0.2, 0) is 7.05 Å². The SMILES string of the molecule is Cn1ncc2c(Nc3ccc(C#N)cc3)nc(NCC3(N)CCCC3)nc21. The summed E-state index contributed by atoms with van der Waals surface area (Å²) in [5, 5.41) is 20.7. The van der Waals surface area contributed by atoms with Gasteiger partial charge < -0.3 is 16.4 Å². The second kappa shape index (κ2) is 6.85. The Labute approximate surface area is 157 Å². The summed E-state index contributed by atoms with van der Waals surface area (Å²) in [4.78, 5) is 9.23. The summed E-state index contributed by atoms with van der Waals surface area (Å²) < 4.78 is 1.72. The molecule has 0 radical (unpaired) electrons. The summed E-state index contributed by atoms with van der Waals surface area (Å²) in [7, 11) is 1.85. The van der Waals surface area contributed by atoms with Crippen LogP contribution < -0.4 is 16.4 Å². The molecule has 0 aliphatic heterocycles. The van der Waals surface area contributed by atoms with E-state index in [0.717, 1.165) is 29.6 Å². The third-order valence-corrected chi connectivity index (χ3v) is 5.07. The van der Waals surface area contributed by atoms with Crippen LogP contribution in [0.1, 0.15) is 31.2 Å². The Hall–Kier alpha value is -3.18. The molecule has 8 heteroatoms. The number of rotatable bonds is 5. The second-order valence-corrected chi connectivity index (χ2v) is 7.14. The van der Waals surface area contributed by atoms with Gasteiger partial charge in [-0.1, -0.05) is 12.8 Å². The van der Waals surface area contributed by atoms with Crippen molar-refractivity contribution in [1.29, 1.82) is 5.26 Å². The number of aryl methyl sites for hydroxylation is 1. The van der Waals surface area contributed by atoms with Gasteiger partial charge in [0.15, 0.2) is 5.65 Å². The summed E-state index contributed by atoms with van der Waals surface area (Å²) in [5.74, 6) is 1.19. The number of hydrogen-bond donors (Lipinski definition) is 3. The highest BCUT2D eigenvalue weighted by Gasteiger charge is 2.29. The van der Waals surface area contributed by atoms with E-state index >= 15 is 0 Å². The molecule has 8 nitrogen and oxygen atoms in total. The molecule has 3 aromatic rings. The van der Waals surface area contributed by atoms with E-state index in [1.54, 1.807) is 23.0 Å². The predicted molar refractivity (Wildman–Crippen MR) is 105 cm³/mol. The van der Waals surface area contributed by atoms with Crippen molar-refractivity contribution in [1.82, 2.24) is 19.7 Å². The lowest BCUT2D eigenvalue weighted by Crippen LogP contribution is -2.43. The van der Waals surface area contributed by atoms with Gasteiger partial charge in [0.25, 0.3) is 0 Å². The highest BCUT2D eigenvalue weighted by atomic mass is 15.3. The zero-order chi connectivity index (χ0) is 18.9. The number of nitriles is 1. The van der Waals surface area contributed by atoms with Gasteiger partial charge in [-0.2, -0.15) is 20.3 Å². The molecule has 0 amide bonds. The van der Waals surface area contributed by atoms with Crippen LogP contribution in [-0.4, -0.2) is 31.8 Å². The van der Waals surface area contributed by atoms with Crippen molar-refractivity contribution in [3.63, 3.8) is 0 Å². The van der Waals surface area contributed by atoms with Crippen LogP contribution in [0.3, 0.4) is 0 Å². The summed E-state index contributed by atoms with van der Waals surface area (Å²) in [6, 6.07) is 9.35. The topological polar surface area (TPSA) is 117 Å². The van der Waals surface area contributed by atoms with Crippen molar-refractivity contribution in [2.45, 2.75) is 31.2 Å². The quantitative estimate of drug-likeness (QED) is 0.638. The monoisotopic (exact) mass is 362 g/mol. The van der Waals surface area contributed by atoms with Crippen LogP contribution in [0.25, 0.3) is 11.0 Å². The minimum Gasteiger partial charge on any atom is -0.352 e.